The van der Waals surface area contributed by atoms with E-state index in [1.54, 1.807) is 19.1 Å². The molecule has 2 amide bonds. The summed E-state index contributed by atoms with van der Waals surface area (Å²) in [4.78, 5) is 22.1. The Kier molecular flexibility index (Phi) is 5.92. The Morgan fingerprint density at radius 2 is 2.05 bits per heavy atom. The summed E-state index contributed by atoms with van der Waals surface area (Å²) < 4.78 is 0. The average molecular weight is 305 g/mol. The van der Waals surface area contributed by atoms with Gasteiger partial charge in [0.25, 0.3) is 0 Å². The first kappa shape index (κ1) is 15.6. The molecule has 0 spiro atoms. The monoisotopic (exact) mass is 304 g/mol. The van der Waals surface area contributed by atoms with Crippen LogP contribution in [-0.2, 0) is 4.79 Å². The van der Waals surface area contributed by atoms with E-state index in [2.05, 4.69) is 10.6 Å². The molecular formula is C12H14Cl2N2O3. The first-order valence-corrected chi connectivity index (χ1v) is 6.38. The van der Waals surface area contributed by atoms with Crippen molar-refractivity contribution in [2.24, 2.45) is 0 Å². The molecule has 0 saturated heterocycles. The molecule has 0 saturated carbocycles. The Bertz CT molecular complexity index is 480. The number of urea groups is 1. The zero-order valence-corrected chi connectivity index (χ0v) is 11.8. The fraction of sp³-hybridized carbons (Fsp3) is 0.333. The van der Waals surface area contributed by atoms with Crippen molar-refractivity contribution in [1.29, 1.82) is 0 Å². The second-order valence-corrected chi connectivity index (χ2v) is 4.90. The Hall–Kier alpha value is -1.46. The number of amides is 2. The standard InChI is InChI=1S/C12H14Cl2N2O3/c1-7(2-5-11(17)18)15-12(19)16-10-6-8(13)3-4-9(10)14/h3-4,6-7H,2,5H2,1H3,(H,17,18)(H2,15,16,19). The van der Waals surface area contributed by atoms with Crippen molar-refractivity contribution in [1.82, 2.24) is 5.32 Å². The van der Waals surface area contributed by atoms with Crippen LogP contribution < -0.4 is 10.6 Å². The molecule has 0 fully saturated rings. The maximum atomic E-state index is 11.7. The maximum absolute atomic E-state index is 11.7. The SMILES string of the molecule is CC(CCC(=O)O)NC(=O)Nc1cc(Cl)ccc1Cl. The van der Waals surface area contributed by atoms with Gasteiger partial charge in [0.2, 0.25) is 0 Å². The van der Waals surface area contributed by atoms with Crippen LogP contribution in [0.25, 0.3) is 0 Å². The summed E-state index contributed by atoms with van der Waals surface area (Å²) in [7, 11) is 0. The molecule has 1 atom stereocenters. The molecule has 104 valence electrons. The lowest BCUT2D eigenvalue weighted by molar-refractivity contribution is -0.137. The highest BCUT2D eigenvalue weighted by atomic mass is 35.5. The highest BCUT2D eigenvalue weighted by molar-refractivity contribution is 6.35. The summed E-state index contributed by atoms with van der Waals surface area (Å²) in [6.07, 6.45) is 0.353. The number of hydrogen-bond acceptors (Lipinski definition) is 2. The smallest absolute Gasteiger partial charge is 0.319 e. The van der Waals surface area contributed by atoms with Crippen molar-refractivity contribution in [3.63, 3.8) is 0 Å². The number of carboxylic acid groups (broad SMARTS) is 1. The zero-order chi connectivity index (χ0) is 14.4. The van der Waals surface area contributed by atoms with Crippen molar-refractivity contribution < 1.29 is 14.7 Å². The third-order valence-electron chi connectivity index (χ3n) is 2.35. The van der Waals surface area contributed by atoms with E-state index in [9.17, 15) is 9.59 Å². The summed E-state index contributed by atoms with van der Waals surface area (Å²) >= 11 is 11.7. The number of carbonyl (C=O) groups is 2. The number of carbonyl (C=O) groups excluding carboxylic acids is 1. The van der Waals surface area contributed by atoms with E-state index >= 15 is 0 Å². The van der Waals surface area contributed by atoms with Gasteiger partial charge in [-0.25, -0.2) is 4.79 Å². The van der Waals surface area contributed by atoms with Crippen LogP contribution in [0.5, 0.6) is 0 Å². The van der Waals surface area contributed by atoms with E-state index in [0.717, 1.165) is 0 Å². The molecule has 7 heteroatoms. The Morgan fingerprint density at radius 1 is 1.37 bits per heavy atom. The summed E-state index contributed by atoms with van der Waals surface area (Å²) in [6, 6.07) is 4.01. The molecular weight excluding hydrogens is 291 g/mol. The van der Waals surface area contributed by atoms with Crippen LogP contribution in [-0.4, -0.2) is 23.1 Å². The molecule has 19 heavy (non-hydrogen) atoms. The quantitative estimate of drug-likeness (QED) is 0.780. The lowest BCUT2D eigenvalue weighted by atomic mass is 10.2. The first-order valence-electron chi connectivity index (χ1n) is 5.63. The minimum atomic E-state index is -0.896. The van der Waals surface area contributed by atoms with Gasteiger partial charge in [0.1, 0.15) is 0 Å². The fourth-order valence-corrected chi connectivity index (χ4v) is 1.72. The lowest BCUT2D eigenvalue weighted by Gasteiger charge is -2.14. The summed E-state index contributed by atoms with van der Waals surface area (Å²) in [5, 5.41) is 14.5. The summed E-state index contributed by atoms with van der Waals surface area (Å²) in [5.41, 5.74) is 0.400. The van der Waals surface area contributed by atoms with Gasteiger partial charge < -0.3 is 15.7 Å². The predicted molar refractivity (Wildman–Crippen MR) is 74.9 cm³/mol. The minimum absolute atomic E-state index is 0.000627. The number of aliphatic carboxylic acids is 1. The molecule has 0 heterocycles. The highest BCUT2D eigenvalue weighted by Gasteiger charge is 2.10. The molecule has 5 nitrogen and oxygen atoms in total. The molecule has 0 aliphatic heterocycles. The molecule has 0 bridgehead atoms. The molecule has 1 rings (SSSR count). The van der Waals surface area contributed by atoms with Gasteiger partial charge in [0.15, 0.2) is 0 Å². The topological polar surface area (TPSA) is 78.4 Å². The minimum Gasteiger partial charge on any atom is -0.481 e. The molecule has 0 radical (unpaired) electrons. The summed E-state index contributed by atoms with van der Waals surface area (Å²) in [6.45, 7) is 1.72. The van der Waals surface area contributed by atoms with Crippen LogP contribution in [0.4, 0.5) is 10.5 Å². The van der Waals surface area contributed by atoms with Crippen LogP contribution in [0.2, 0.25) is 10.0 Å². The van der Waals surface area contributed by atoms with E-state index < -0.39 is 12.0 Å². The number of anilines is 1. The first-order chi connectivity index (χ1) is 8.88. The maximum Gasteiger partial charge on any atom is 0.319 e. The van der Waals surface area contributed by atoms with Crippen LogP contribution in [0.1, 0.15) is 19.8 Å². The van der Waals surface area contributed by atoms with Gasteiger partial charge in [-0.15, -0.1) is 0 Å². The molecule has 0 aliphatic carbocycles. The van der Waals surface area contributed by atoms with Gasteiger partial charge in [-0.3, -0.25) is 4.79 Å². The van der Waals surface area contributed by atoms with Gasteiger partial charge in [-0.1, -0.05) is 23.2 Å². The number of hydrogen-bond donors (Lipinski definition) is 3. The van der Waals surface area contributed by atoms with Crippen molar-refractivity contribution >= 4 is 40.9 Å². The fourth-order valence-electron chi connectivity index (χ4n) is 1.39. The Morgan fingerprint density at radius 3 is 2.68 bits per heavy atom. The largest absolute Gasteiger partial charge is 0.481 e. The van der Waals surface area contributed by atoms with E-state index in [1.807, 2.05) is 0 Å². The second-order valence-electron chi connectivity index (χ2n) is 4.06. The zero-order valence-electron chi connectivity index (χ0n) is 10.2. The van der Waals surface area contributed by atoms with Gasteiger partial charge in [0, 0.05) is 17.5 Å². The van der Waals surface area contributed by atoms with Crippen molar-refractivity contribution in [2.45, 2.75) is 25.8 Å². The lowest BCUT2D eigenvalue weighted by Crippen LogP contribution is -2.36. The number of halogens is 2. The number of rotatable bonds is 5. The van der Waals surface area contributed by atoms with Gasteiger partial charge >= 0.3 is 12.0 Å². The number of carboxylic acids is 1. The predicted octanol–water partition coefficient (Wildman–Crippen LogP) is 3.37. The molecule has 1 aromatic carbocycles. The van der Waals surface area contributed by atoms with Crippen molar-refractivity contribution in [3.8, 4) is 0 Å². The van der Waals surface area contributed by atoms with Crippen LogP contribution >= 0.6 is 23.2 Å². The average Bonchev–Trinajstić information content (AvgIpc) is 2.31. The molecule has 0 aromatic heterocycles. The molecule has 0 aliphatic rings. The Labute approximate surface area is 120 Å². The third kappa shape index (κ3) is 5.81. The van der Waals surface area contributed by atoms with Gasteiger partial charge in [0.05, 0.1) is 10.7 Å². The van der Waals surface area contributed by atoms with Crippen molar-refractivity contribution in [2.75, 3.05) is 5.32 Å². The molecule has 3 N–H and O–H groups in total. The summed E-state index contributed by atoms with van der Waals surface area (Å²) in [5.74, 6) is -0.896. The van der Waals surface area contributed by atoms with E-state index in [1.165, 1.54) is 6.07 Å². The molecule has 1 aromatic rings. The normalized spacial score (nSPS) is 11.7. The van der Waals surface area contributed by atoms with Crippen LogP contribution in [0.3, 0.4) is 0 Å². The third-order valence-corrected chi connectivity index (χ3v) is 2.91. The molecule has 1 unspecified atom stereocenters. The van der Waals surface area contributed by atoms with Crippen LogP contribution in [0.15, 0.2) is 18.2 Å². The van der Waals surface area contributed by atoms with Crippen LogP contribution in [0, 0.1) is 0 Å². The van der Waals surface area contributed by atoms with E-state index in [0.29, 0.717) is 22.2 Å². The van der Waals surface area contributed by atoms with Gasteiger partial charge in [-0.05, 0) is 31.5 Å². The number of benzene rings is 1. The second kappa shape index (κ2) is 7.21. The van der Waals surface area contributed by atoms with E-state index in [4.69, 9.17) is 28.3 Å². The Balaban J connectivity index is 2.50. The van der Waals surface area contributed by atoms with E-state index in [-0.39, 0.29) is 12.5 Å². The van der Waals surface area contributed by atoms with Gasteiger partial charge in [-0.2, -0.15) is 0 Å². The highest BCUT2D eigenvalue weighted by Crippen LogP contribution is 2.25. The van der Waals surface area contributed by atoms with Crippen molar-refractivity contribution in [3.05, 3.63) is 28.2 Å². The number of nitrogens with one attached hydrogen (secondary N) is 2.